The van der Waals surface area contributed by atoms with Crippen molar-refractivity contribution in [3.05, 3.63) is 155 Å². The molecule has 212 valence electrons. The minimum Gasteiger partial charge on any atom is -0.409 e. The van der Waals surface area contributed by atoms with E-state index in [9.17, 15) is 14.4 Å². The Morgan fingerprint density at radius 1 is 0.767 bits per heavy atom. The molecule has 2 atom stereocenters. The van der Waals surface area contributed by atoms with Crippen molar-refractivity contribution in [2.75, 3.05) is 10.0 Å². The lowest BCUT2D eigenvalue weighted by atomic mass is 9.78. The second-order valence-electron chi connectivity index (χ2n) is 10.8. The summed E-state index contributed by atoms with van der Waals surface area (Å²) in [6.07, 6.45) is -0.114. The number of carbonyl (C=O) groups is 3. The quantitative estimate of drug-likeness (QED) is 0.202. The number of benzene rings is 4. The number of nitrogens with zero attached hydrogens (tertiary/aromatic N) is 3. The van der Waals surface area contributed by atoms with Crippen LogP contribution in [0.1, 0.15) is 29.3 Å². The number of rotatable bonds is 6. The van der Waals surface area contributed by atoms with Gasteiger partial charge in [0.1, 0.15) is 6.04 Å². The number of esters is 1. The molecule has 7 heteroatoms. The molecule has 0 saturated carbocycles. The second-order valence-corrected chi connectivity index (χ2v) is 10.8. The van der Waals surface area contributed by atoms with Gasteiger partial charge in [0.2, 0.25) is 5.88 Å². The Hall–Kier alpha value is -5.43. The van der Waals surface area contributed by atoms with E-state index in [2.05, 4.69) is 0 Å². The number of para-hydroxylation sites is 2. The lowest BCUT2D eigenvalue weighted by Crippen LogP contribution is -2.49. The summed E-state index contributed by atoms with van der Waals surface area (Å²) >= 11 is 0. The predicted molar refractivity (Wildman–Crippen MR) is 163 cm³/mol. The molecular formula is C36H29N3O4. The van der Waals surface area contributed by atoms with Gasteiger partial charge in [-0.25, -0.2) is 5.01 Å². The number of allylic oxidation sites excluding steroid dienone is 1. The van der Waals surface area contributed by atoms with Crippen molar-refractivity contribution >= 4 is 29.0 Å². The highest BCUT2D eigenvalue weighted by Crippen LogP contribution is 2.49. The molecule has 1 amide bonds. The highest BCUT2D eigenvalue weighted by atomic mass is 16.6. The van der Waals surface area contributed by atoms with Crippen LogP contribution >= 0.6 is 0 Å². The van der Waals surface area contributed by atoms with Crippen LogP contribution in [0.25, 0.3) is 0 Å². The van der Waals surface area contributed by atoms with Gasteiger partial charge in [0, 0.05) is 16.8 Å². The van der Waals surface area contributed by atoms with Gasteiger partial charge in [0.15, 0.2) is 5.78 Å². The molecule has 1 saturated heterocycles. The summed E-state index contributed by atoms with van der Waals surface area (Å²) in [7, 11) is 0. The first-order valence-corrected chi connectivity index (χ1v) is 14.3. The van der Waals surface area contributed by atoms with E-state index < -0.39 is 17.9 Å². The van der Waals surface area contributed by atoms with Crippen LogP contribution in [0.2, 0.25) is 0 Å². The summed E-state index contributed by atoms with van der Waals surface area (Å²) in [4.78, 5) is 43.9. The smallest absolute Gasteiger partial charge is 0.313 e. The van der Waals surface area contributed by atoms with Gasteiger partial charge in [-0.3, -0.25) is 19.4 Å². The number of Topliss-reactive ketones (excluding diaryl/α,β-unsaturated/α-hetero) is 1. The Balaban J connectivity index is 1.48. The number of amides is 1. The number of hydrogen-bond donors (Lipinski definition) is 0. The van der Waals surface area contributed by atoms with Crippen molar-refractivity contribution in [3.8, 4) is 0 Å². The maximum absolute atomic E-state index is 14.6. The van der Waals surface area contributed by atoms with Crippen LogP contribution in [0.4, 0.5) is 11.4 Å². The van der Waals surface area contributed by atoms with Crippen molar-refractivity contribution in [3.63, 3.8) is 0 Å². The number of anilines is 2. The molecular weight excluding hydrogens is 538 g/mol. The minimum absolute atomic E-state index is 0.114. The normalized spacial score (nSPS) is 19.8. The van der Waals surface area contributed by atoms with Gasteiger partial charge in [-0.15, -0.1) is 0 Å². The van der Waals surface area contributed by atoms with E-state index in [-0.39, 0.29) is 18.1 Å². The summed E-state index contributed by atoms with van der Waals surface area (Å²) < 4.78 is 6.05. The number of carbonyl (C=O) groups excluding carboxylic acids is 3. The van der Waals surface area contributed by atoms with Crippen LogP contribution in [0.3, 0.4) is 0 Å². The molecule has 0 N–H and O–H groups in total. The predicted octanol–water partition coefficient (Wildman–Crippen LogP) is 6.27. The van der Waals surface area contributed by atoms with Gasteiger partial charge in [-0.05, 0) is 36.8 Å². The number of fused-ring (bicyclic) bond motifs is 2. The molecule has 7 rings (SSSR count). The first-order chi connectivity index (χ1) is 21.0. The molecule has 3 aliphatic heterocycles. The molecule has 7 nitrogen and oxygen atoms in total. The molecule has 0 spiro atoms. The van der Waals surface area contributed by atoms with Gasteiger partial charge < -0.3 is 9.64 Å². The van der Waals surface area contributed by atoms with E-state index >= 15 is 0 Å². The fraction of sp³-hybridized carbons (Fsp3) is 0.139. The Morgan fingerprint density at radius 2 is 1.33 bits per heavy atom. The standard InChI is InChI=1S/C36H29N3O4/c1-24-31-33(38(27-18-10-4-11-19-27)39(35(31)42)28-20-12-5-13-21-28)32-29(34(41)26-16-8-3-9-17-26)22-30(40)43-36(32)37(24)23-25-14-6-2-7-15-25/h2-21,29,33H,22-23H2,1H3/t29-,33-/m1/s1. The fourth-order valence-corrected chi connectivity index (χ4v) is 6.31. The maximum Gasteiger partial charge on any atom is 0.313 e. The molecule has 3 aliphatic rings. The van der Waals surface area contributed by atoms with E-state index in [4.69, 9.17) is 4.74 Å². The third-order valence-electron chi connectivity index (χ3n) is 8.27. The van der Waals surface area contributed by atoms with Crippen molar-refractivity contribution in [2.45, 2.75) is 25.9 Å². The minimum atomic E-state index is -0.820. The highest BCUT2D eigenvalue weighted by molar-refractivity contribution is 6.14. The van der Waals surface area contributed by atoms with E-state index in [1.807, 2.05) is 126 Å². The van der Waals surface area contributed by atoms with Crippen LogP contribution in [0.15, 0.2) is 144 Å². The lowest BCUT2D eigenvalue weighted by Gasteiger charge is -2.43. The topological polar surface area (TPSA) is 70.2 Å². The summed E-state index contributed by atoms with van der Waals surface area (Å²) in [5.74, 6) is -1.34. The average Bonchev–Trinajstić information content (AvgIpc) is 3.36. The molecule has 0 aliphatic carbocycles. The van der Waals surface area contributed by atoms with Crippen LogP contribution in [0.5, 0.6) is 0 Å². The maximum atomic E-state index is 14.6. The average molecular weight is 568 g/mol. The Kier molecular flexibility index (Phi) is 6.62. The summed E-state index contributed by atoms with van der Waals surface area (Å²) in [6, 6.07) is 37.3. The molecule has 3 heterocycles. The molecule has 0 bridgehead atoms. The molecule has 0 unspecified atom stereocenters. The van der Waals surface area contributed by atoms with Crippen molar-refractivity contribution in [2.24, 2.45) is 5.92 Å². The van der Waals surface area contributed by atoms with E-state index in [1.54, 1.807) is 17.1 Å². The van der Waals surface area contributed by atoms with Gasteiger partial charge in [0.05, 0.1) is 35.8 Å². The molecule has 0 radical (unpaired) electrons. The third kappa shape index (κ3) is 4.50. The first kappa shape index (κ1) is 26.5. The fourth-order valence-electron chi connectivity index (χ4n) is 6.31. The second kappa shape index (κ2) is 10.8. The number of ether oxygens (including phenoxy) is 1. The third-order valence-corrected chi connectivity index (χ3v) is 8.27. The SMILES string of the molecule is CC1=C2C(=O)N(c3ccccc3)N(c3ccccc3)[C@H]2C2=C(OC(=O)C[C@H]2C(=O)c2ccccc2)N1Cc1ccccc1. The van der Waals surface area contributed by atoms with Crippen LogP contribution < -0.4 is 10.0 Å². The van der Waals surface area contributed by atoms with Crippen molar-refractivity contribution in [1.82, 2.24) is 4.90 Å². The Labute approximate surface area is 249 Å². The zero-order valence-electron chi connectivity index (χ0n) is 23.6. The van der Waals surface area contributed by atoms with Gasteiger partial charge in [-0.1, -0.05) is 97.1 Å². The van der Waals surface area contributed by atoms with E-state index in [0.29, 0.717) is 40.5 Å². The summed E-state index contributed by atoms with van der Waals surface area (Å²) in [5.41, 5.74) is 4.79. The zero-order valence-corrected chi connectivity index (χ0v) is 23.6. The van der Waals surface area contributed by atoms with Crippen LogP contribution in [-0.4, -0.2) is 28.6 Å². The number of hydrogen-bond acceptors (Lipinski definition) is 6. The Morgan fingerprint density at radius 3 is 1.95 bits per heavy atom. The van der Waals surface area contributed by atoms with Crippen molar-refractivity contribution < 1.29 is 19.1 Å². The van der Waals surface area contributed by atoms with E-state index in [1.165, 1.54) is 0 Å². The first-order valence-electron chi connectivity index (χ1n) is 14.3. The van der Waals surface area contributed by atoms with E-state index in [0.717, 1.165) is 11.3 Å². The number of ketones is 1. The summed E-state index contributed by atoms with van der Waals surface area (Å²) in [6.45, 7) is 2.26. The number of hydrazine groups is 1. The van der Waals surface area contributed by atoms with Gasteiger partial charge in [0.25, 0.3) is 5.91 Å². The Bertz CT molecular complexity index is 1770. The van der Waals surface area contributed by atoms with Crippen LogP contribution in [0, 0.1) is 5.92 Å². The zero-order chi connectivity index (χ0) is 29.5. The molecule has 4 aromatic rings. The van der Waals surface area contributed by atoms with Crippen molar-refractivity contribution in [1.29, 1.82) is 0 Å². The monoisotopic (exact) mass is 567 g/mol. The molecule has 0 aromatic heterocycles. The lowest BCUT2D eigenvalue weighted by molar-refractivity contribution is -0.144. The highest BCUT2D eigenvalue weighted by Gasteiger charge is 2.55. The largest absolute Gasteiger partial charge is 0.409 e. The summed E-state index contributed by atoms with van der Waals surface area (Å²) in [5, 5.41) is 3.62. The van der Waals surface area contributed by atoms with Crippen LogP contribution in [-0.2, 0) is 20.9 Å². The van der Waals surface area contributed by atoms with Gasteiger partial charge in [-0.2, -0.15) is 0 Å². The molecule has 4 aromatic carbocycles. The van der Waals surface area contributed by atoms with Gasteiger partial charge >= 0.3 is 5.97 Å². The molecule has 43 heavy (non-hydrogen) atoms. The molecule has 1 fully saturated rings.